The number of aromatic nitrogens is 1. The minimum atomic E-state index is -1.03. The van der Waals surface area contributed by atoms with Crippen molar-refractivity contribution >= 4 is 28.0 Å². The van der Waals surface area contributed by atoms with Gasteiger partial charge in [-0.05, 0) is 49.8 Å². The predicted octanol–water partition coefficient (Wildman–Crippen LogP) is 4.90. The molecule has 3 aromatic rings. The van der Waals surface area contributed by atoms with Crippen molar-refractivity contribution in [2.45, 2.75) is 18.4 Å². The van der Waals surface area contributed by atoms with Crippen molar-refractivity contribution in [1.29, 1.82) is 0 Å². The van der Waals surface area contributed by atoms with Gasteiger partial charge in [0.25, 0.3) is 0 Å². The van der Waals surface area contributed by atoms with Crippen LogP contribution in [0.5, 0.6) is 0 Å². The molecule has 6 nitrogen and oxygen atoms in total. The highest BCUT2D eigenvalue weighted by Gasteiger charge is 2.29. The number of rotatable bonds is 6. The fraction of sp³-hybridized carbons (Fsp3) is 0.174. The van der Waals surface area contributed by atoms with Gasteiger partial charge in [-0.3, -0.25) is 9.78 Å². The number of ether oxygens (including phenoxy) is 1. The molecule has 152 valence electrons. The number of pyridine rings is 1. The zero-order valence-electron chi connectivity index (χ0n) is 15.9. The Morgan fingerprint density at radius 2 is 1.70 bits per heavy atom. The summed E-state index contributed by atoms with van der Waals surface area (Å²) >= 11 is 3.32. The number of amides is 1. The maximum absolute atomic E-state index is 12.5. The van der Waals surface area contributed by atoms with E-state index in [0.717, 1.165) is 22.3 Å². The Bertz CT molecular complexity index is 1060. The van der Waals surface area contributed by atoms with Crippen LogP contribution in [-0.4, -0.2) is 28.8 Å². The summed E-state index contributed by atoms with van der Waals surface area (Å²) < 4.78 is 6.23. The largest absolute Gasteiger partial charge is 0.481 e. The van der Waals surface area contributed by atoms with Crippen LogP contribution in [0.4, 0.5) is 4.79 Å². The second-order valence-electron chi connectivity index (χ2n) is 7.06. The molecule has 0 spiro atoms. The number of benzene rings is 2. The number of hydrogen-bond acceptors (Lipinski definition) is 4. The average Bonchev–Trinajstić information content (AvgIpc) is 3.05. The second-order valence-corrected chi connectivity index (χ2v) is 7.97. The molecular weight excluding hydrogens is 448 g/mol. The number of nitrogens with one attached hydrogen (secondary N) is 1. The molecule has 0 fully saturated rings. The summed E-state index contributed by atoms with van der Waals surface area (Å²) in [4.78, 5) is 27.8. The van der Waals surface area contributed by atoms with Crippen LogP contribution in [0.15, 0.2) is 71.5 Å². The van der Waals surface area contributed by atoms with Gasteiger partial charge in [-0.25, -0.2) is 4.79 Å². The van der Waals surface area contributed by atoms with Crippen LogP contribution in [0.25, 0.3) is 11.1 Å². The zero-order valence-corrected chi connectivity index (χ0v) is 17.5. The molecule has 0 radical (unpaired) electrons. The summed E-state index contributed by atoms with van der Waals surface area (Å²) in [5.74, 6) is -1.09. The van der Waals surface area contributed by atoms with E-state index in [1.807, 2.05) is 36.4 Å². The van der Waals surface area contributed by atoms with Gasteiger partial charge >= 0.3 is 12.1 Å². The molecule has 1 heterocycles. The third-order valence-corrected chi connectivity index (χ3v) is 5.58. The molecule has 0 saturated carbocycles. The van der Waals surface area contributed by atoms with Crippen molar-refractivity contribution in [3.8, 4) is 11.1 Å². The standard InChI is InChI=1S/C23H19BrN2O4/c24-15-9-14(11-25-12-15)21(10-22(27)28)26-23(29)30-13-20-18-7-3-1-5-16(18)17-6-2-4-8-19(17)20/h1-9,11-12,20-21H,10,13H2,(H,26,29)(H,27,28)/t21-/m1/s1. The lowest BCUT2D eigenvalue weighted by molar-refractivity contribution is -0.137. The maximum Gasteiger partial charge on any atom is 0.407 e. The van der Waals surface area contributed by atoms with Crippen LogP contribution in [0.1, 0.15) is 35.1 Å². The number of carbonyl (C=O) groups excluding carboxylic acids is 1. The third-order valence-electron chi connectivity index (χ3n) is 5.14. The summed E-state index contributed by atoms with van der Waals surface area (Å²) in [6, 6.07) is 17.1. The third kappa shape index (κ3) is 4.21. The number of halogens is 1. The van der Waals surface area contributed by atoms with Gasteiger partial charge in [-0.15, -0.1) is 0 Å². The Morgan fingerprint density at radius 1 is 1.07 bits per heavy atom. The molecular formula is C23H19BrN2O4. The molecule has 2 N–H and O–H groups in total. The van der Waals surface area contributed by atoms with E-state index in [4.69, 9.17) is 4.74 Å². The summed E-state index contributed by atoms with van der Waals surface area (Å²) in [5.41, 5.74) is 5.10. The highest BCUT2D eigenvalue weighted by atomic mass is 79.9. The van der Waals surface area contributed by atoms with E-state index >= 15 is 0 Å². The van der Waals surface area contributed by atoms with Gasteiger partial charge in [-0.1, -0.05) is 48.5 Å². The summed E-state index contributed by atoms with van der Waals surface area (Å²) in [6.45, 7) is 0.163. The lowest BCUT2D eigenvalue weighted by Crippen LogP contribution is -2.31. The van der Waals surface area contributed by atoms with Gasteiger partial charge in [0.1, 0.15) is 6.61 Å². The first-order valence-corrected chi connectivity index (χ1v) is 10.3. The number of carboxylic acids is 1. The number of aliphatic carboxylic acids is 1. The van der Waals surface area contributed by atoms with E-state index in [9.17, 15) is 14.7 Å². The van der Waals surface area contributed by atoms with Crippen molar-refractivity contribution in [3.05, 3.63) is 88.2 Å². The van der Waals surface area contributed by atoms with Crippen LogP contribution >= 0.6 is 15.9 Å². The molecule has 0 unspecified atom stereocenters. The lowest BCUT2D eigenvalue weighted by Gasteiger charge is -2.19. The minimum absolute atomic E-state index is 0.0615. The Kier molecular flexibility index (Phi) is 5.81. The van der Waals surface area contributed by atoms with Crippen LogP contribution in [0.3, 0.4) is 0 Å². The van der Waals surface area contributed by atoms with Crippen LogP contribution < -0.4 is 5.32 Å². The number of alkyl carbamates (subject to hydrolysis) is 1. The molecule has 0 saturated heterocycles. The van der Waals surface area contributed by atoms with Crippen LogP contribution in [0, 0.1) is 0 Å². The Balaban J connectivity index is 1.48. The van der Waals surface area contributed by atoms with Crippen molar-refractivity contribution in [1.82, 2.24) is 10.3 Å². The van der Waals surface area contributed by atoms with Crippen LogP contribution in [-0.2, 0) is 9.53 Å². The summed E-state index contributed by atoms with van der Waals surface area (Å²) in [6.07, 6.45) is 2.18. The first-order chi connectivity index (χ1) is 14.5. The molecule has 4 rings (SSSR count). The number of nitrogens with zero attached hydrogens (tertiary/aromatic N) is 1. The normalized spacial score (nSPS) is 13.2. The maximum atomic E-state index is 12.5. The number of hydrogen-bond donors (Lipinski definition) is 2. The first kappa shape index (κ1) is 20.1. The molecule has 0 aliphatic heterocycles. The quantitative estimate of drug-likeness (QED) is 0.539. The van der Waals surface area contributed by atoms with Gasteiger partial charge in [0.15, 0.2) is 0 Å². The Labute approximate surface area is 182 Å². The molecule has 7 heteroatoms. The van der Waals surface area contributed by atoms with E-state index in [1.165, 1.54) is 6.20 Å². The van der Waals surface area contributed by atoms with E-state index in [-0.39, 0.29) is 18.9 Å². The molecule has 1 aliphatic rings. The highest BCUT2D eigenvalue weighted by molar-refractivity contribution is 9.10. The molecule has 0 bridgehead atoms. The van der Waals surface area contributed by atoms with Crippen molar-refractivity contribution in [3.63, 3.8) is 0 Å². The fourth-order valence-corrected chi connectivity index (χ4v) is 4.21. The number of carbonyl (C=O) groups is 2. The smallest absolute Gasteiger partial charge is 0.407 e. The summed E-state index contributed by atoms with van der Waals surface area (Å²) in [5, 5.41) is 11.9. The van der Waals surface area contributed by atoms with E-state index < -0.39 is 18.1 Å². The van der Waals surface area contributed by atoms with Crippen molar-refractivity contribution in [2.24, 2.45) is 0 Å². The molecule has 1 aromatic heterocycles. The second kappa shape index (κ2) is 8.67. The molecule has 1 amide bonds. The zero-order chi connectivity index (χ0) is 21.1. The molecule has 1 aliphatic carbocycles. The van der Waals surface area contributed by atoms with E-state index in [0.29, 0.717) is 10.0 Å². The number of carboxylic acid groups (broad SMARTS) is 1. The minimum Gasteiger partial charge on any atom is -0.481 e. The van der Waals surface area contributed by atoms with Crippen molar-refractivity contribution in [2.75, 3.05) is 6.61 Å². The van der Waals surface area contributed by atoms with E-state index in [1.54, 1.807) is 12.3 Å². The van der Waals surface area contributed by atoms with Gasteiger partial charge < -0.3 is 15.2 Å². The Morgan fingerprint density at radius 3 is 2.30 bits per heavy atom. The number of fused-ring (bicyclic) bond motifs is 3. The SMILES string of the molecule is O=C(O)C[C@@H](NC(=O)OCC1c2ccccc2-c2ccccc21)c1cncc(Br)c1. The van der Waals surface area contributed by atoms with E-state index in [2.05, 4.69) is 38.4 Å². The topological polar surface area (TPSA) is 88.5 Å². The molecule has 30 heavy (non-hydrogen) atoms. The van der Waals surface area contributed by atoms with Gasteiger partial charge in [0.05, 0.1) is 12.5 Å². The molecule has 1 atom stereocenters. The lowest BCUT2D eigenvalue weighted by atomic mass is 9.98. The van der Waals surface area contributed by atoms with Gasteiger partial charge in [-0.2, -0.15) is 0 Å². The highest BCUT2D eigenvalue weighted by Crippen LogP contribution is 2.44. The molecule has 2 aromatic carbocycles. The Hall–Kier alpha value is -3.19. The average molecular weight is 467 g/mol. The van der Waals surface area contributed by atoms with Crippen molar-refractivity contribution < 1.29 is 19.4 Å². The predicted molar refractivity (Wildman–Crippen MR) is 115 cm³/mol. The summed E-state index contributed by atoms with van der Waals surface area (Å²) in [7, 11) is 0. The monoisotopic (exact) mass is 466 g/mol. The van der Waals surface area contributed by atoms with Gasteiger partial charge in [0.2, 0.25) is 0 Å². The van der Waals surface area contributed by atoms with Crippen LogP contribution in [0.2, 0.25) is 0 Å². The van der Waals surface area contributed by atoms with Gasteiger partial charge in [0, 0.05) is 22.8 Å². The first-order valence-electron chi connectivity index (χ1n) is 9.46. The fourth-order valence-electron chi connectivity index (χ4n) is 3.83.